The molecular weight excluding hydrogens is 136 g/mol. The van der Waals surface area contributed by atoms with Crippen LogP contribution in [0.3, 0.4) is 0 Å². The van der Waals surface area contributed by atoms with Crippen LogP contribution in [0.4, 0.5) is 0 Å². The first-order valence-electron chi connectivity index (χ1n) is 2.93. The van der Waals surface area contributed by atoms with Gasteiger partial charge in [0.25, 0.3) is 0 Å². The number of nitrogens with zero attached hydrogens (tertiary/aromatic N) is 2. The minimum absolute atomic E-state index is 0.608. The molecule has 0 saturated carbocycles. The summed E-state index contributed by atoms with van der Waals surface area (Å²) >= 11 is 5.68. The Bertz CT molecular complexity index is 205. The van der Waals surface area contributed by atoms with Gasteiger partial charge in [0.2, 0.25) is 0 Å². The molecular formula is C6H9ClN2. The van der Waals surface area contributed by atoms with Gasteiger partial charge < -0.3 is 4.57 Å². The monoisotopic (exact) mass is 144 g/mol. The Balaban J connectivity index is 3.04. The predicted molar refractivity (Wildman–Crippen MR) is 37.6 cm³/mol. The third kappa shape index (κ3) is 1.08. The van der Waals surface area contributed by atoms with Crippen molar-refractivity contribution >= 4 is 11.6 Å². The molecule has 3 heteroatoms. The molecule has 1 rings (SSSR count). The van der Waals surface area contributed by atoms with Crippen molar-refractivity contribution in [1.29, 1.82) is 0 Å². The molecule has 0 atom stereocenters. The first-order chi connectivity index (χ1) is 4.25. The summed E-state index contributed by atoms with van der Waals surface area (Å²) in [5.41, 5.74) is 1.04. The van der Waals surface area contributed by atoms with Crippen molar-refractivity contribution in [2.75, 3.05) is 0 Å². The average molecular weight is 145 g/mol. The molecule has 1 aromatic heterocycles. The maximum Gasteiger partial charge on any atom is 0.149 e. The fourth-order valence-corrected chi connectivity index (χ4v) is 0.890. The van der Waals surface area contributed by atoms with E-state index in [1.54, 1.807) is 6.33 Å². The lowest BCUT2D eigenvalue weighted by Crippen LogP contribution is -1.93. The molecule has 0 N–H and O–H groups in total. The van der Waals surface area contributed by atoms with Gasteiger partial charge in [-0.05, 0) is 13.8 Å². The van der Waals surface area contributed by atoms with Crippen molar-refractivity contribution < 1.29 is 0 Å². The number of aromatic nitrogens is 2. The summed E-state index contributed by atoms with van der Waals surface area (Å²) in [4.78, 5) is 3.92. The predicted octanol–water partition coefficient (Wildman–Crippen LogP) is 1.86. The Hall–Kier alpha value is -0.500. The van der Waals surface area contributed by atoms with Crippen LogP contribution in [0.15, 0.2) is 6.33 Å². The molecule has 2 nitrogen and oxygen atoms in total. The Labute approximate surface area is 59.5 Å². The lowest BCUT2D eigenvalue weighted by Gasteiger charge is -1.96. The summed E-state index contributed by atoms with van der Waals surface area (Å²) in [6, 6.07) is 0. The third-order valence-corrected chi connectivity index (χ3v) is 1.75. The van der Waals surface area contributed by atoms with Gasteiger partial charge >= 0.3 is 0 Å². The van der Waals surface area contributed by atoms with E-state index in [4.69, 9.17) is 11.6 Å². The van der Waals surface area contributed by atoms with Crippen LogP contribution in [-0.4, -0.2) is 9.55 Å². The third-order valence-electron chi connectivity index (χ3n) is 1.38. The number of halogens is 1. The van der Waals surface area contributed by atoms with E-state index >= 15 is 0 Å². The van der Waals surface area contributed by atoms with E-state index in [1.807, 2.05) is 11.5 Å². The molecule has 50 valence electrons. The van der Waals surface area contributed by atoms with Crippen LogP contribution in [0.1, 0.15) is 12.6 Å². The lowest BCUT2D eigenvalue weighted by atomic mass is 10.5. The van der Waals surface area contributed by atoms with Crippen LogP contribution in [0.2, 0.25) is 5.15 Å². The van der Waals surface area contributed by atoms with Crippen molar-refractivity contribution in [2.24, 2.45) is 0 Å². The van der Waals surface area contributed by atoms with Crippen molar-refractivity contribution in [3.05, 3.63) is 17.2 Å². The fourth-order valence-electron chi connectivity index (χ4n) is 0.738. The molecule has 9 heavy (non-hydrogen) atoms. The molecule has 0 bridgehead atoms. The number of aryl methyl sites for hydroxylation is 1. The molecule has 0 radical (unpaired) electrons. The molecule has 0 amide bonds. The molecule has 1 heterocycles. The normalized spacial score (nSPS) is 10.1. The summed E-state index contributed by atoms with van der Waals surface area (Å²) in [5, 5.41) is 0.608. The van der Waals surface area contributed by atoms with Crippen LogP contribution in [0, 0.1) is 6.92 Å². The molecule has 0 aromatic carbocycles. The minimum Gasteiger partial charge on any atom is -0.334 e. The molecule has 1 aromatic rings. The zero-order chi connectivity index (χ0) is 6.85. The van der Waals surface area contributed by atoms with Gasteiger partial charge in [-0.25, -0.2) is 4.98 Å². The van der Waals surface area contributed by atoms with Crippen molar-refractivity contribution in [3.8, 4) is 0 Å². The highest BCUT2D eigenvalue weighted by Gasteiger charge is 1.99. The van der Waals surface area contributed by atoms with Gasteiger partial charge in [-0.15, -0.1) is 0 Å². The SMILES string of the molecule is CCn1cnc(Cl)c1C. The number of hydrogen-bond donors (Lipinski definition) is 0. The zero-order valence-electron chi connectivity index (χ0n) is 5.56. The number of imidazole rings is 1. The Morgan fingerprint density at radius 3 is 2.67 bits per heavy atom. The summed E-state index contributed by atoms with van der Waals surface area (Å²) in [6.07, 6.45) is 1.75. The Morgan fingerprint density at radius 2 is 2.44 bits per heavy atom. The van der Waals surface area contributed by atoms with E-state index in [9.17, 15) is 0 Å². The summed E-state index contributed by atoms with van der Waals surface area (Å²) in [6.45, 7) is 4.95. The van der Waals surface area contributed by atoms with Crippen LogP contribution in [0.5, 0.6) is 0 Å². The Morgan fingerprint density at radius 1 is 1.78 bits per heavy atom. The second kappa shape index (κ2) is 2.40. The second-order valence-corrected chi connectivity index (χ2v) is 2.26. The summed E-state index contributed by atoms with van der Waals surface area (Å²) < 4.78 is 2.00. The number of hydrogen-bond acceptors (Lipinski definition) is 1. The van der Waals surface area contributed by atoms with Gasteiger partial charge in [0, 0.05) is 6.54 Å². The molecule has 0 saturated heterocycles. The topological polar surface area (TPSA) is 17.8 Å². The zero-order valence-corrected chi connectivity index (χ0v) is 6.31. The standard InChI is InChI=1S/C6H9ClN2/c1-3-9-4-8-6(7)5(9)2/h4H,3H2,1-2H3. The van der Waals surface area contributed by atoms with Gasteiger partial charge in [0.05, 0.1) is 12.0 Å². The first-order valence-corrected chi connectivity index (χ1v) is 3.30. The van der Waals surface area contributed by atoms with E-state index in [2.05, 4.69) is 11.9 Å². The highest BCUT2D eigenvalue weighted by Crippen LogP contribution is 2.10. The van der Waals surface area contributed by atoms with Crippen molar-refractivity contribution in [2.45, 2.75) is 20.4 Å². The Kier molecular flexibility index (Phi) is 1.76. The van der Waals surface area contributed by atoms with E-state index < -0.39 is 0 Å². The largest absolute Gasteiger partial charge is 0.334 e. The van der Waals surface area contributed by atoms with Crippen LogP contribution < -0.4 is 0 Å². The van der Waals surface area contributed by atoms with E-state index in [0.717, 1.165) is 12.2 Å². The summed E-state index contributed by atoms with van der Waals surface area (Å²) in [7, 11) is 0. The van der Waals surface area contributed by atoms with Crippen LogP contribution >= 0.6 is 11.6 Å². The van der Waals surface area contributed by atoms with Crippen LogP contribution in [0.25, 0.3) is 0 Å². The van der Waals surface area contributed by atoms with Gasteiger partial charge in [0.15, 0.2) is 0 Å². The van der Waals surface area contributed by atoms with Gasteiger partial charge in [0.1, 0.15) is 5.15 Å². The molecule has 0 aliphatic carbocycles. The highest BCUT2D eigenvalue weighted by atomic mass is 35.5. The van der Waals surface area contributed by atoms with Gasteiger partial charge in [-0.3, -0.25) is 0 Å². The van der Waals surface area contributed by atoms with Crippen molar-refractivity contribution in [1.82, 2.24) is 9.55 Å². The average Bonchev–Trinajstić information content (AvgIpc) is 2.15. The summed E-state index contributed by atoms with van der Waals surface area (Å²) in [5.74, 6) is 0. The second-order valence-electron chi connectivity index (χ2n) is 1.91. The van der Waals surface area contributed by atoms with Crippen LogP contribution in [-0.2, 0) is 6.54 Å². The molecule has 0 aliphatic heterocycles. The molecule has 0 fully saturated rings. The van der Waals surface area contributed by atoms with Crippen molar-refractivity contribution in [3.63, 3.8) is 0 Å². The number of rotatable bonds is 1. The highest BCUT2D eigenvalue weighted by molar-refractivity contribution is 6.30. The van der Waals surface area contributed by atoms with E-state index in [1.165, 1.54) is 0 Å². The van der Waals surface area contributed by atoms with Gasteiger partial charge in [-0.2, -0.15) is 0 Å². The van der Waals surface area contributed by atoms with Gasteiger partial charge in [-0.1, -0.05) is 11.6 Å². The maximum absolute atomic E-state index is 5.68. The first kappa shape index (κ1) is 6.62. The molecule has 0 aliphatic rings. The smallest absolute Gasteiger partial charge is 0.149 e. The maximum atomic E-state index is 5.68. The van der Waals surface area contributed by atoms with E-state index in [0.29, 0.717) is 5.15 Å². The lowest BCUT2D eigenvalue weighted by molar-refractivity contribution is 0.737. The molecule has 0 spiro atoms. The quantitative estimate of drug-likeness (QED) is 0.589. The fraction of sp³-hybridized carbons (Fsp3) is 0.500. The molecule has 0 unspecified atom stereocenters. The van der Waals surface area contributed by atoms with E-state index in [-0.39, 0.29) is 0 Å². The minimum atomic E-state index is 0.608.